The van der Waals surface area contributed by atoms with E-state index in [1.165, 1.54) is 12.1 Å². The smallest absolute Gasteiger partial charge is 0.297 e. The number of aryl methyl sites for hydroxylation is 1. The molecular weight excluding hydrogens is 350 g/mol. The lowest BCUT2D eigenvalue weighted by Gasteiger charge is -2.23. The van der Waals surface area contributed by atoms with Gasteiger partial charge < -0.3 is 14.2 Å². The van der Waals surface area contributed by atoms with Gasteiger partial charge in [0.1, 0.15) is 6.10 Å². The molecule has 1 unspecified atom stereocenters. The van der Waals surface area contributed by atoms with Crippen molar-refractivity contribution in [1.29, 1.82) is 0 Å². The van der Waals surface area contributed by atoms with E-state index in [9.17, 15) is 8.42 Å². The fourth-order valence-electron chi connectivity index (χ4n) is 2.83. The Morgan fingerprint density at radius 1 is 1.28 bits per heavy atom. The van der Waals surface area contributed by atoms with Crippen LogP contribution in [0.2, 0.25) is 0 Å². The van der Waals surface area contributed by atoms with Crippen LogP contribution >= 0.6 is 0 Å². The van der Waals surface area contributed by atoms with Gasteiger partial charge in [-0.3, -0.25) is 4.18 Å². The van der Waals surface area contributed by atoms with E-state index >= 15 is 0 Å². The number of ether oxygens (including phenoxy) is 3. The summed E-state index contributed by atoms with van der Waals surface area (Å²) in [5.74, 6) is -0.863. The summed E-state index contributed by atoms with van der Waals surface area (Å²) in [5, 5.41) is 3.67. The summed E-state index contributed by atoms with van der Waals surface area (Å²) >= 11 is 0. The third-order valence-corrected chi connectivity index (χ3v) is 5.29. The van der Waals surface area contributed by atoms with Crippen LogP contribution in [0.3, 0.4) is 0 Å². The van der Waals surface area contributed by atoms with E-state index in [0.717, 1.165) is 5.56 Å². The Morgan fingerprint density at radius 3 is 2.60 bits per heavy atom. The van der Waals surface area contributed by atoms with Gasteiger partial charge in [-0.2, -0.15) is 8.42 Å². The summed E-state index contributed by atoms with van der Waals surface area (Å²) < 4.78 is 46.5. The molecule has 0 N–H and O–H groups in total. The number of hydrogen-bond donors (Lipinski definition) is 0. The molecule has 9 nitrogen and oxygen atoms in total. The third kappa shape index (κ3) is 3.79. The Morgan fingerprint density at radius 2 is 1.96 bits per heavy atom. The Kier molecular flexibility index (Phi) is 4.76. The largest absolute Gasteiger partial charge is 0.344 e. The third-order valence-electron chi connectivity index (χ3n) is 4.00. The highest BCUT2D eigenvalue weighted by Crippen LogP contribution is 2.39. The molecule has 2 fully saturated rings. The first kappa shape index (κ1) is 18.1. The van der Waals surface area contributed by atoms with E-state index in [4.69, 9.17) is 23.9 Å². The molecule has 0 spiro atoms. The molecule has 2 aliphatic heterocycles. The Balaban J connectivity index is 1.70. The van der Waals surface area contributed by atoms with Gasteiger partial charge in [0, 0.05) is 4.91 Å². The number of benzene rings is 1. The van der Waals surface area contributed by atoms with Crippen molar-refractivity contribution < 1.29 is 26.8 Å². The lowest BCUT2D eigenvalue weighted by atomic mass is 10.1. The van der Waals surface area contributed by atoms with E-state index in [2.05, 4.69) is 10.0 Å². The summed E-state index contributed by atoms with van der Waals surface area (Å²) in [4.78, 5) is 2.84. The lowest BCUT2D eigenvalue weighted by Crippen LogP contribution is -2.35. The zero-order valence-corrected chi connectivity index (χ0v) is 14.8. The Hall–Kier alpha value is -1.68. The summed E-state index contributed by atoms with van der Waals surface area (Å²) in [7, 11) is -3.95. The molecule has 1 aromatic carbocycles. The molecule has 2 saturated heterocycles. The van der Waals surface area contributed by atoms with Crippen molar-refractivity contribution in [1.82, 2.24) is 0 Å². The topological polar surface area (TPSA) is 120 Å². The van der Waals surface area contributed by atoms with E-state index in [0.29, 0.717) is 0 Å². The van der Waals surface area contributed by atoms with Crippen molar-refractivity contribution in [2.24, 2.45) is 5.11 Å². The molecule has 136 valence electrons. The maximum Gasteiger partial charge on any atom is 0.297 e. The van der Waals surface area contributed by atoms with Crippen molar-refractivity contribution in [2.45, 2.75) is 56.0 Å². The number of nitrogens with zero attached hydrogens (tertiary/aromatic N) is 3. The fraction of sp³-hybridized carbons (Fsp3) is 0.600. The highest BCUT2D eigenvalue weighted by Gasteiger charge is 2.54. The van der Waals surface area contributed by atoms with Gasteiger partial charge in [-0.15, -0.1) is 0 Å². The van der Waals surface area contributed by atoms with Gasteiger partial charge >= 0.3 is 0 Å². The zero-order chi connectivity index (χ0) is 18.2. The molecule has 0 bridgehead atoms. The second kappa shape index (κ2) is 6.56. The van der Waals surface area contributed by atoms with E-state index in [1.54, 1.807) is 26.0 Å². The molecule has 0 saturated carbocycles. The van der Waals surface area contributed by atoms with Crippen LogP contribution in [-0.4, -0.2) is 45.4 Å². The lowest BCUT2D eigenvalue weighted by molar-refractivity contribution is -0.208. The maximum absolute atomic E-state index is 12.3. The summed E-state index contributed by atoms with van der Waals surface area (Å²) in [6.07, 6.45) is -2.13. The van der Waals surface area contributed by atoms with Crippen molar-refractivity contribution in [2.75, 3.05) is 6.61 Å². The number of fused-ring (bicyclic) bond motifs is 1. The first-order chi connectivity index (χ1) is 11.7. The SMILES string of the molecule is Cc1ccc(S(=O)(=O)OC[C@H]2OC3OC(C)(C)O[C@@H]3[C@H]2N=[N+]=[N-])cc1. The van der Waals surface area contributed by atoms with Crippen molar-refractivity contribution in [3.8, 4) is 0 Å². The van der Waals surface area contributed by atoms with Crippen LogP contribution in [0.1, 0.15) is 19.4 Å². The number of hydrogen-bond acceptors (Lipinski definition) is 7. The van der Waals surface area contributed by atoms with Gasteiger partial charge in [-0.25, -0.2) is 0 Å². The summed E-state index contributed by atoms with van der Waals surface area (Å²) in [5.41, 5.74) is 9.71. The number of azide groups is 1. The molecule has 2 heterocycles. The van der Waals surface area contributed by atoms with Crippen LogP contribution in [-0.2, 0) is 28.5 Å². The molecule has 25 heavy (non-hydrogen) atoms. The van der Waals surface area contributed by atoms with Crippen LogP contribution in [0.25, 0.3) is 10.4 Å². The van der Waals surface area contributed by atoms with Crippen LogP contribution in [0.5, 0.6) is 0 Å². The van der Waals surface area contributed by atoms with Crippen molar-refractivity contribution in [3.05, 3.63) is 40.3 Å². The quantitative estimate of drug-likeness (QED) is 0.340. The van der Waals surface area contributed by atoms with Crippen molar-refractivity contribution in [3.63, 3.8) is 0 Å². The standard InChI is InChI=1S/C15H19N3O6S/c1-9-4-6-10(7-5-9)25(19,20)21-8-11-12(17-18-16)13-14(22-11)24-15(2,3)23-13/h4-7,11-14H,8H2,1-3H3/t11-,12+,13-,14?/m1/s1. The van der Waals surface area contributed by atoms with E-state index in [1.807, 2.05) is 6.92 Å². The molecule has 2 aliphatic rings. The number of rotatable bonds is 5. The van der Waals surface area contributed by atoms with E-state index < -0.39 is 40.4 Å². The molecule has 10 heteroatoms. The van der Waals surface area contributed by atoms with Crippen LogP contribution in [0, 0.1) is 6.92 Å². The predicted octanol–water partition coefficient (Wildman–Crippen LogP) is 2.26. The first-order valence-electron chi connectivity index (χ1n) is 7.73. The van der Waals surface area contributed by atoms with Crippen LogP contribution in [0.15, 0.2) is 34.3 Å². The highest BCUT2D eigenvalue weighted by atomic mass is 32.2. The Labute approximate surface area is 145 Å². The molecule has 0 amide bonds. The Bertz CT molecular complexity index is 788. The zero-order valence-electron chi connectivity index (χ0n) is 14.0. The average molecular weight is 369 g/mol. The minimum atomic E-state index is -3.95. The van der Waals surface area contributed by atoms with Gasteiger partial charge in [-0.05, 0) is 38.4 Å². The van der Waals surface area contributed by atoms with Gasteiger partial charge in [0.2, 0.25) is 0 Å². The van der Waals surface area contributed by atoms with Gasteiger partial charge in [0.25, 0.3) is 10.1 Å². The normalized spacial score (nSPS) is 30.7. The molecule has 3 rings (SSSR count). The molecule has 4 atom stereocenters. The van der Waals surface area contributed by atoms with Gasteiger partial charge in [-0.1, -0.05) is 22.8 Å². The minimum Gasteiger partial charge on any atom is -0.344 e. The maximum atomic E-state index is 12.3. The van der Waals surface area contributed by atoms with Gasteiger partial charge in [0.15, 0.2) is 12.1 Å². The van der Waals surface area contributed by atoms with Crippen LogP contribution in [0.4, 0.5) is 0 Å². The molecular formula is C15H19N3O6S. The molecule has 0 radical (unpaired) electrons. The monoisotopic (exact) mass is 369 g/mol. The van der Waals surface area contributed by atoms with E-state index in [-0.39, 0.29) is 11.5 Å². The first-order valence-corrected chi connectivity index (χ1v) is 9.14. The van der Waals surface area contributed by atoms with Crippen LogP contribution < -0.4 is 0 Å². The van der Waals surface area contributed by atoms with Gasteiger partial charge in [0.05, 0.1) is 23.6 Å². The average Bonchev–Trinajstić information content (AvgIpc) is 2.99. The fourth-order valence-corrected chi connectivity index (χ4v) is 3.74. The summed E-state index contributed by atoms with van der Waals surface area (Å²) in [6, 6.07) is 5.55. The second-order valence-electron chi connectivity index (χ2n) is 6.39. The molecule has 1 aromatic rings. The predicted molar refractivity (Wildman–Crippen MR) is 85.9 cm³/mol. The molecule has 0 aromatic heterocycles. The second-order valence-corrected chi connectivity index (χ2v) is 8.01. The highest BCUT2D eigenvalue weighted by molar-refractivity contribution is 7.86. The minimum absolute atomic E-state index is 0.0465. The summed E-state index contributed by atoms with van der Waals surface area (Å²) in [6.45, 7) is 4.98. The van der Waals surface area contributed by atoms with Crippen molar-refractivity contribution >= 4 is 10.1 Å². The molecule has 0 aliphatic carbocycles.